The first kappa shape index (κ1) is 8.61. The number of aryl methyl sites for hydroxylation is 1. The van der Waals surface area contributed by atoms with E-state index in [1.807, 2.05) is 18.2 Å². The Balaban J connectivity index is 2.27. The fraction of sp³-hybridized carbons (Fsp3) is 0.300. The Morgan fingerprint density at radius 3 is 2.67 bits per heavy atom. The Kier molecular flexibility index (Phi) is 3.73. The third-order valence-electron chi connectivity index (χ3n) is 1.66. The first-order valence-corrected chi connectivity index (χ1v) is 4.02. The van der Waals surface area contributed by atoms with Crippen LogP contribution in [0, 0.1) is 11.3 Å². The van der Waals surface area contributed by atoms with Crippen molar-refractivity contribution in [2.24, 2.45) is 0 Å². The van der Waals surface area contributed by atoms with Crippen LogP contribution in [-0.4, -0.2) is 0 Å². The molecule has 62 valence electrons. The summed E-state index contributed by atoms with van der Waals surface area (Å²) < 4.78 is 0. The average Bonchev–Trinajstić information content (AvgIpc) is 2.14. The second-order valence-corrected chi connectivity index (χ2v) is 2.59. The number of nitrogens with zero attached hydrogens (tertiary/aromatic N) is 1. The van der Waals surface area contributed by atoms with Gasteiger partial charge in [0.1, 0.15) is 0 Å². The summed E-state index contributed by atoms with van der Waals surface area (Å²) in [5, 5.41) is 12.2. The van der Waals surface area contributed by atoms with Gasteiger partial charge in [-0.2, -0.15) is 0 Å². The highest BCUT2D eigenvalue weighted by Gasteiger charge is 1.91. The van der Waals surface area contributed by atoms with Gasteiger partial charge in [-0.1, -0.05) is 30.3 Å². The Labute approximate surface area is 72.2 Å². The maximum Gasteiger partial charge on any atom is 0.298 e. The van der Waals surface area contributed by atoms with Crippen LogP contribution in [0.4, 0.5) is 0 Å². The molecule has 0 bridgehead atoms. The summed E-state index contributed by atoms with van der Waals surface area (Å²) in [6, 6.07) is 12.6. The molecule has 0 aliphatic rings. The molecule has 1 aromatic rings. The van der Waals surface area contributed by atoms with Gasteiger partial charge in [-0.05, 0) is 18.4 Å². The van der Waals surface area contributed by atoms with Crippen LogP contribution in [-0.2, 0) is 6.42 Å². The molecule has 12 heavy (non-hydrogen) atoms. The Bertz CT molecular complexity index is 271. The number of hydrogen-bond acceptors (Lipinski definition) is 1. The topological polar surface area (TPSA) is 27.4 Å². The van der Waals surface area contributed by atoms with E-state index in [4.69, 9.17) is 0 Å². The van der Waals surface area contributed by atoms with Crippen LogP contribution in [0.25, 0.3) is 5.01 Å². The highest BCUT2D eigenvalue weighted by Crippen LogP contribution is 2.03. The lowest BCUT2D eigenvalue weighted by Gasteiger charge is -1.95. The van der Waals surface area contributed by atoms with Crippen molar-refractivity contribution >= 4 is 0 Å². The van der Waals surface area contributed by atoms with E-state index in [-0.39, 0.29) is 0 Å². The van der Waals surface area contributed by atoms with E-state index in [9.17, 15) is 5.21 Å². The van der Waals surface area contributed by atoms with Gasteiger partial charge in [-0.3, -0.25) is 0 Å². The molecule has 0 aliphatic carbocycles. The molecule has 0 fully saturated rings. The molecule has 0 N–H and O–H groups in total. The summed E-state index contributed by atoms with van der Waals surface area (Å²) in [5.74, 6) is 0. The van der Waals surface area contributed by atoms with E-state index in [2.05, 4.69) is 23.2 Å². The molecule has 0 saturated heterocycles. The van der Waals surface area contributed by atoms with Gasteiger partial charge in [-0.15, -0.1) is 0 Å². The van der Waals surface area contributed by atoms with Crippen molar-refractivity contribution in [1.82, 2.24) is 0 Å². The summed E-state index contributed by atoms with van der Waals surface area (Å²) >= 11 is 0. The highest BCUT2D eigenvalue weighted by molar-refractivity contribution is 5.14. The van der Waals surface area contributed by atoms with Crippen LogP contribution in [0.5, 0.6) is 0 Å². The zero-order valence-electron chi connectivity index (χ0n) is 6.86. The smallest absolute Gasteiger partial charge is 0.298 e. The van der Waals surface area contributed by atoms with Crippen molar-refractivity contribution in [2.75, 3.05) is 0 Å². The number of benzene rings is 1. The van der Waals surface area contributed by atoms with Gasteiger partial charge in [0.15, 0.2) is 0 Å². The minimum Gasteiger partial charge on any atom is -0.498 e. The third-order valence-corrected chi connectivity index (χ3v) is 1.66. The zero-order chi connectivity index (χ0) is 8.65. The van der Waals surface area contributed by atoms with Gasteiger partial charge in [0, 0.05) is 5.01 Å². The Morgan fingerprint density at radius 2 is 2.00 bits per heavy atom. The first-order valence-electron chi connectivity index (χ1n) is 4.02. The maximum atomic E-state index is 9.66. The predicted molar refractivity (Wildman–Crippen MR) is 50.0 cm³/mol. The van der Waals surface area contributed by atoms with Gasteiger partial charge >= 0.3 is 0 Å². The summed E-state index contributed by atoms with van der Waals surface area (Å²) in [6.07, 6.45) is 2.58. The molecule has 0 spiro atoms. The van der Waals surface area contributed by atoms with Crippen molar-refractivity contribution in [3.63, 3.8) is 0 Å². The number of hydrogen-bond donors (Lipinski definition) is 0. The van der Waals surface area contributed by atoms with Crippen molar-refractivity contribution in [3.8, 4) is 6.07 Å². The largest absolute Gasteiger partial charge is 0.498 e. The highest BCUT2D eigenvalue weighted by atomic mass is 16.4. The standard InChI is InChI=1S/C10H11NO/c12-11-9-5-4-8-10-6-2-1-3-7-10/h1-3,6-7H,4-5,8H2. The van der Waals surface area contributed by atoms with Crippen molar-refractivity contribution in [2.45, 2.75) is 19.3 Å². The van der Waals surface area contributed by atoms with Crippen LogP contribution in [0.1, 0.15) is 18.4 Å². The molecule has 2 nitrogen and oxygen atoms in total. The average molecular weight is 161 g/mol. The lowest BCUT2D eigenvalue weighted by molar-refractivity contribution is 0.857. The molecule has 0 saturated carbocycles. The summed E-state index contributed by atoms with van der Waals surface area (Å²) in [5.41, 5.74) is 1.30. The predicted octanol–water partition coefficient (Wildman–Crippen LogP) is 2.84. The Hall–Kier alpha value is -1.49. The van der Waals surface area contributed by atoms with Crippen LogP contribution >= 0.6 is 0 Å². The van der Waals surface area contributed by atoms with E-state index < -0.39 is 0 Å². The van der Waals surface area contributed by atoms with Crippen molar-refractivity contribution in [3.05, 3.63) is 46.1 Å². The summed E-state index contributed by atoms with van der Waals surface area (Å²) in [4.78, 5) is 0. The number of unbranched alkanes of at least 4 members (excludes halogenated alkanes) is 1. The monoisotopic (exact) mass is 161 g/mol. The van der Waals surface area contributed by atoms with Gasteiger partial charge in [-0.25, -0.2) is 0 Å². The lowest BCUT2D eigenvalue weighted by Crippen LogP contribution is -1.82. The fourth-order valence-corrected chi connectivity index (χ4v) is 1.06. The molecular formula is C10H11NO. The van der Waals surface area contributed by atoms with Crippen molar-refractivity contribution < 1.29 is 0 Å². The first-order chi connectivity index (χ1) is 5.93. The van der Waals surface area contributed by atoms with Crippen LogP contribution in [0.2, 0.25) is 0 Å². The van der Waals surface area contributed by atoms with Crippen LogP contribution in [0.15, 0.2) is 30.3 Å². The van der Waals surface area contributed by atoms with E-state index in [0.717, 1.165) is 12.8 Å². The van der Waals surface area contributed by atoms with Gasteiger partial charge in [0.25, 0.3) is 6.07 Å². The Morgan fingerprint density at radius 1 is 1.25 bits per heavy atom. The maximum absolute atomic E-state index is 9.66. The van der Waals surface area contributed by atoms with E-state index in [0.29, 0.717) is 6.42 Å². The van der Waals surface area contributed by atoms with Gasteiger partial charge < -0.3 is 5.21 Å². The molecule has 0 heterocycles. The molecule has 2 heteroatoms. The lowest BCUT2D eigenvalue weighted by atomic mass is 10.1. The van der Waals surface area contributed by atoms with E-state index in [1.54, 1.807) is 0 Å². The second kappa shape index (κ2) is 5.20. The van der Waals surface area contributed by atoms with Gasteiger partial charge in [0.05, 0.1) is 6.42 Å². The van der Waals surface area contributed by atoms with Crippen LogP contribution in [0.3, 0.4) is 0 Å². The molecule has 0 radical (unpaired) electrons. The van der Waals surface area contributed by atoms with Crippen molar-refractivity contribution in [1.29, 1.82) is 0 Å². The SMILES string of the molecule is [O-][N+]#CCCCc1ccccc1. The molecule has 0 unspecified atom stereocenters. The minimum absolute atomic E-state index is 0.651. The molecule has 1 aromatic carbocycles. The van der Waals surface area contributed by atoms with E-state index in [1.165, 1.54) is 5.56 Å². The third kappa shape index (κ3) is 3.07. The van der Waals surface area contributed by atoms with Crippen LogP contribution < -0.4 is 0 Å². The van der Waals surface area contributed by atoms with E-state index >= 15 is 0 Å². The molecule has 0 aliphatic heterocycles. The quantitative estimate of drug-likeness (QED) is 0.494. The second-order valence-electron chi connectivity index (χ2n) is 2.59. The molecule has 0 amide bonds. The minimum atomic E-state index is 0.651. The summed E-state index contributed by atoms with van der Waals surface area (Å²) in [6.45, 7) is 0. The fourth-order valence-electron chi connectivity index (χ4n) is 1.06. The molecule has 1 rings (SSSR count). The van der Waals surface area contributed by atoms with Gasteiger partial charge in [0.2, 0.25) is 0 Å². The summed E-state index contributed by atoms with van der Waals surface area (Å²) in [7, 11) is 0. The number of rotatable bonds is 3. The zero-order valence-corrected chi connectivity index (χ0v) is 6.86. The molecule has 0 atom stereocenters. The molecular weight excluding hydrogens is 150 g/mol. The normalized spacial score (nSPS) is 8.67. The molecule has 0 aromatic heterocycles.